The normalized spacial score (nSPS) is 19.3. The molecular formula is C17H17FN6O3. The van der Waals surface area contributed by atoms with Crippen LogP contribution in [-0.4, -0.2) is 40.3 Å². The molecule has 1 aliphatic carbocycles. The number of aromatic nitrogens is 2. The van der Waals surface area contributed by atoms with Crippen molar-refractivity contribution in [1.82, 2.24) is 9.55 Å². The number of pyridine rings is 2. The lowest BCUT2D eigenvalue weighted by molar-refractivity contribution is 0.0695. The van der Waals surface area contributed by atoms with Crippen LogP contribution in [0.25, 0.3) is 21.5 Å². The van der Waals surface area contributed by atoms with Gasteiger partial charge in [0.25, 0.3) is 0 Å². The van der Waals surface area contributed by atoms with E-state index in [9.17, 15) is 19.1 Å². The van der Waals surface area contributed by atoms with Gasteiger partial charge < -0.3 is 14.6 Å². The van der Waals surface area contributed by atoms with Crippen molar-refractivity contribution in [3.05, 3.63) is 44.3 Å². The third-order valence-electron chi connectivity index (χ3n) is 5.10. The minimum atomic E-state index is -1.33. The molecule has 0 spiro atoms. The monoisotopic (exact) mass is 372 g/mol. The molecule has 1 aliphatic heterocycles. The fourth-order valence-electron chi connectivity index (χ4n) is 3.57. The summed E-state index contributed by atoms with van der Waals surface area (Å²) in [5, 5.41) is 12.8. The second-order valence-corrected chi connectivity index (χ2v) is 6.99. The first-order chi connectivity index (χ1) is 13.0. The molecule has 10 heteroatoms. The maximum atomic E-state index is 14.7. The van der Waals surface area contributed by atoms with Gasteiger partial charge in [-0.3, -0.25) is 4.79 Å². The smallest absolute Gasteiger partial charge is 0.341 e. The maximum Gasteiger partial charge on any atom is 0.341 e. The summed E-state index contributed by atoms with van der Waals surface area (Å²) in [6.07, 6.45) is 3.80. The summed E-state index contributed by atoms with van der Waals surface area (Å²) in [6, 6.07) is 1.17. The topological polar surface area (TPSA) is 124 Å². The number of aromatic carboxylic acids is 1. The van der Waals surface area contributed by atoms with E-state index < -0.39 is 17.2 Å². The molecule has 2 aromatic heterocycles. The number of nitrogens with zero attached hydrogens (tertiary/aromatic N) is 6. The molecule has 0 unspecified atom stereocenters. The number of carbonyl (C=O) groups is 1. The van der Waals surface area contributed by atoms with E-state index in [2.05, 4.69) is 15.0 Å². The van der Waals surface area contributed by atoms with Crippen molar-refractivity contribution in [3.8, 4) is 0 Å². The molecule has 0 aromatic carbocycles. The van der Waals surface area contributed by atoms with E-state index in [1.165, 1.54) is 6.20 Å². The first-order valence-electron chi connectivity index (χ1n) is 8.74. The number of rotatable bonds is 5. The third kappa shape index (κ3) is 3.08. The second-order valence-electron chi connectivity index (χ2n) is 6.99. The van der Waals surface area contributed by atoms with Gasteiger partial charge in [0.15, 0.2) is 11.6 Å². The average Bonchev–Trinajstić information content (AvgIpc) is 3.38. The molecule has 2 aliphatic rings. The molecule has 0 radical (unpaired) electrons. The third-order valence-corrected chi connectivity index (χ3v) is 5.10. The van der Waals surface area contributed by atoms with Gasteiger partial charge in [0.1, 0.15) is 11.2 Å². The van der Waals surface area contributed by atoms with Crippen LogP contribution in [0.1, 0.15) is 35.7 Å². The zero-order chi connectivity index (χ0) is 19.1. The lowest BCUT2D eigenvalue weighted by Crippen LogP contribution is -2.25. The molecule has 2 fully saturated rings. The zero-order valence-electron chi connectivity index (χ0n) is 14.4. The SMILES string of the molecule is [N-]=[N+]=NC[C@H]1CCN(c2nc3c(cc2F)c(=O)c(C(=O)O)cn3C2CC2)C1. The number of carboxylic acids is 1. The molecule has 0 bridgehead atoms. The minimum absolute atomic E-state index is 0.0205. The quantitative estimate of drug-likeness (QED) is 0.491. The molecule has 1 saturated heterocycles. The van der Waals surface area contributed by atoms with Crippen molar-refractivity contribution in [2.75, 3.05) is 24.5 Å². The first kappa shape index (κ1) is 17.3. The number of halogens is 1. The molecular weight excluding hydrogens is 355 g/mol. The van der Waals surface area contributed by atoms with Gasteiger partial charge in [-0.15, -0.1) is 0 Å². The Morgan fingerprint density at radius 2 is 2.22 bits per heavy atom. The van der Waals surface area contributed by atoms with Gasteiger partial charge in [0, 0.05) is 36.8 Å². The Kier molecular flexibility index (Phi) is 4.19. The maximum absolute atomic E-state index is 14.7. The van der Waals surface area contributed by atoms with Gasteiger partial charge in [0.05, 0.1) is 5.39 Å². The van der Waals surface area contributed by atoms with Crippen molar-refractivity contribution < 1.29 is 14.3 Å². The van der Waals surface area contributed by atoms with Crippen molar-refractivity contribution >= 4 is 22.8 Å². The highest BCUT2D eigenvalue weighted by Gasteiger charge is 2.30. The van der Waals surface area contributed by atoms with Crippen LogP contribution in [0, 0.1) is 11.7 Å². The van der Waals surface area contributed by atoms with Gasteiger partial charge in [-0.2, -0.15) is 0 Å². The van der Waals surface area contributed by atoms with Gasteiger partial charge in [-0.1, -0.05) is 5.11 Å². The molecule has 1 N–H and O–H groups in total. The summed E-state index contributed by atoms with van der Waals surface area (Å²) in [7, 11) is 0. The highest BCUT2D eigenvalue weighted by molar-refractivity contribution is 5.92. The van der Waals surface area contributed by atoms with Crippen LogP contribution in [0.5, 0.6) is 0 Å². The summed E-state index contributed by atoms with van der Waals surface area (Å²) in [6.45, 7) is 1.42. The highest BCUT2D eigenvalue weighted by Crippen LogP contribution is 2.37. The number of fused-ring (bicyclic) bond motifs is 1. The van der Waals surface area contributed by atoms with Crippen LogP contribution < -0.4 is 10.3 Å². The number of carboxylic acid groups (broad SMARTS) is 1. The van der Waals surface area contributed by atoms with Gasteiger partial charge >= 0.3 is 5.97 Å². The molecule has 27 heavy (non-hydrogen) atoms. The summed E-state index contributed by atoms with van der Waals surface area (Å²) in [5.41, 5.74) is 7.65. The Morgan fingerprint density at radius 1 is 1.44 bits per heavy atom. The van der Waals surface area contributed by atoms with Crippen LogP contribution in [0.15, 0.2) is 22.2 Å². The Morgan fingerprint density at radius 3 is 2.89 bits per heavy atom. The van der Waals surface area contributed by atoms with Crippen molar-refractivity contribution in [2.24, 2.45) is 11.0 Å². The Balaban J connectivity index is 1.80. The van der Waals surface area contributed by atoms with E-state index in [-0.39, 0.29) is 28.7 Å². The van der Waals surface area contributed by atoms with E-state index in [1.807, 2.05) is 0 Å². The van der Waals surface area contributed by atoms with E-state index in [0.717, 1.165) is 25.3 Å². The predicted molar refractivity (Wildman–Crippen MR) is 95.5 cm³/mol. The summed E-state index contributed by atoms with van der Waals surface area (Å²) in [5.74, 6) is -1.73. The largest absolute Gasteiger partial charge is 0.477 e. The molecule has 1 saturated carbocycles. The molecule has 0 amide bonds. The Bertz CT molecular complexity index is 1040. The number of azide groups is 1. The fourth-order valence-corrected chi connectivity index (χ4v) is 3.57. The number of hydrogen-bond donors (Lipinski definition) is 1. The summed E-state index contributed by atoms with van der Waals surface area (Å²) >= 11 is 0. The van der Waals surface area contributed by atoms with Crippen LogP contribution in [0.4, 0.5) is 10.2 Å². The van der Waals surface area contributed by atoms with E-state index in [1.54, 1.807) is 9.47 Å². The van der Waals surface area contributed by atoms with Crippen LogP contribution >= 0.6 is 0 Å². The van der Waals surface area contributed by atoms with Gasteiger partial charge in [0.2, 0.25) is 5.43 Å². The van der Waals surface area contributed by atoms with Gasteiger partial charge in [-0.25, -0.2) is 14.2 Å². The number of anilines is 1. The van der Waals surface area contributed by atoms with Gasteiger partial charge in [-0.05, 0) is 36.8 Å². The van der Waals surface area contributed by atoms with Crippen LogP contribution in [-0.2, 0) is 0 Å². The first-order valence-corrected chi connectivity index (χ1v) is 8.74. The summed E-state index contributed by atoms with van der Waals surface area (Å²) < 4.78 is 16.4. The molecule has 1 atom stereocenters. The summed E-state index contributed by atoms with van der Waals surface area (Å²) in [4.78, 5) is 32.8. The number of hydrogen-bond acceptors (Lipinski definition) is 5. The van der Waals surface area contributed by atoms with Crippen molar-refractivity contribution in [3.63, 3.8) is 0 Å². The molecule has 140 valence electrons. The predicted octanol–water partition coefficient (Wildman–Crippen LogP) is 2.71. The highest BCUT2D eigenvalue weighted by atomic mass is 19.1. The molecule has 2 aromatic rings. The van der Waals surface area contributed by atoms with E-state index in [0.29, 0.717) is 25.3 Å². The zero-order valence-corrected chi connectivity index (χ0v) is 14.4. The second kappa shape index (κ2) is 6.55. The minimum Gasteiger partial charge on any atom is -0.477 e. The Labute approximate surface area is 152 Å². The Hall–Kier alpha value is -3.13. The lowest BCUT2D eigenvalue weighted by Gasteiger charge is -2.20. The van der Waals surface area contributed by atoms with Crippen LogP contribution in [0.3, 0.4) is 0 Å². The molecule has 4 rings (SSSR count). The van der Waals surface area contributed by atoms with E-state index in [4.69, 9.17) is 5.53 Å². The van der Waals surface area contributed by atoms with Crippen molar-refractivity contribution in [2.45, 2.75) is 25.3 Å². The van der Waals surface area contributed by atoms with E-state index >= 15 is 0 Å². The fraction of sp³-hybridized carbons (Fsp3) is 0.471. The van der Waals surface area contributed by atoms with Crippen molar-refractivity contribution in [1.29, 1.82) is 0 Å². The lowest BCUT2D eigenvalue weighted by atomic mass is 10.1. The molecule has 3 heterocycles. The molecule has 9 nitrogen and oxygen atoms in total. The van der Waals surface area contributed by atoms with Crippen LogP contribution in [0.2, 0.25) is 0 Å². The average molecular weight is 372 g/mol. The standard InChI is InChI=1S/C17H17FN6O3/c18-13-5-11-14(25)12(17(26)27)8-24(10-1-2-10)15(11)21-16(13)23-4-3-9(7-23)6-20-22-19/h5,8-10H,1-4,6-7H2,(H,26,27)/t9-/m1/s1.